The van der Waals surface area contributed by atoms with Crippen molar-refractivity contribution in [1.29, 1.82) is 0 Å². The van der Waals surface area contributed by atoms with Crippen molar-refractivity contribution in [3.63, 3.8) is 0 Å². The number of hydrogen-bond acceptors (Lipinski definition) is 3. The number of fused-ring (bicyclic) bond motifs is 1. The normalized spacial score (nSPS) is 13.6. The van der Waals surface area contributed by atoms with Crippen molar-refractivity contribution in [2.24, 2.45) is 0 Å². The molecule has 1 aromatic carbocycles. The minimum atomic E-state index is 0.948. The second-order valence-corrected chi connectivity index (χ2v) is 8.29. The second kappa shape index (κ2) is 17.4. The average molecular weight is 439 g/mol. The Hall–Kier alpha value is -2.17. The van der Waals surface area contributed by atoms with Gasteiger partial charge in [0.15, 0.2) is 0 Å². The lowest BCUT2D eigenvalue weighted by Gasteiger charge is -2.10. The van der Waals surface area contributed by atoms with Crippen molar-refractivity contribution in [1.82, 2.24) is 20.6 Å². The zero-order valence-electron chi connectivity index (χ0n) is 21.4. The number of rotatable bonds is 4. The molecule has 0 aliphatic heterocycles. The topological polar surface area (TPSA) is 52.7 Å². The van der Waals surface area contributed by atoms with Crippen LogP contribution in [0.25, 0.3) is 23.5 Å². The van der Waals surface area contributed by atoms with E-state index in [4.69, 9.17) is 0 Å². The van der Waals surface area contributed by atoms with Crippen LogP contribution >= 0.6 is 0 Å². The van der Waals surface area contributed by atoms with E-state index in [0.717, 1.165) is 31.0 Å². The Morgan fingerprint density at radius 1 is 0.875 bits per heavy atom. The van der Waals surface area contributed by atoms with Crippen LogP contribution in [-0.4, -0.2) is 37.2 Å². The third kappa shape index (κ3) is 10.4. The quantitative estimate of drug-likeness (QED) is 0.486. The summed E-state index contributed by atoms with van der Waals surface area (Å²) in [7, 11) is 3.89. The Kier molecular flexibility index (Phi) is 15.1. The molecule has 1 heterocycles. The predicted molar refractivity (Wildman–Crippen MR) is 143 cm³/mol. The number of aromatic amines is 1. The van der Waals surface area contributed by atoms with Gasteiger partial charge in [0, 0.05) is 17.5 Å². The third-order valence-electron chi connectivity index (χ3n) is 5.41. The third-order valence-corrected chi connectivity index (χ3v) is 5.41. The highest BCUT2D eigenvalue weighted by atomic mass is 14.9. The highest BCUT2D eigenvalue weighted by molar-refractivity contribution is 5.81. The Labute approximate surface area is 197 Å². The molecule has 0 atom stereocenters. The van der Waals surface area contributed by atoms with Gasteiger partial charge < -0.3 is 15.6 Å². The Morgan fingerprint density at radius 3 is 1.91 bits per heavy atom. The van der Waals surface area contributed by atoms with Crippen LogP contribution in [0.5, 0.6) is 0 Å². The Balaban J connectivity index is 0.000000299. The maximum Gasteiger partial charge on any atom is 0.138 e. The van der Waals surface area contributed by atoms with Gasteiger partial charge in [-0.3, -0.25) is 0 Å². The monoisotopic (exact) mass is 438 g/mol. The fourth-order valence-electron chi connectivity index (χ4n) is 3.49. The highest BCUT2D eigenvalue weighted by Gasteiger charge is 2.12. The molecular weight excluding hydrogens is 392 g/mol. The van der Waals surface area contributed by atoms with Gasteiger partial charge >= 0.3 is 0 Å². The van der Waals surface area contributed by atoms with Crippen LogP contribution in [0.4, 0.5) is 0 Å². The number of hydrogen-bond donors (Lipinski definition) is 3. The summed E-state index contributed by atoms with van der Waals surface area (Å²) in [5, 5.41) is 5.95. The summed E-state index contributed by atoms with van der Waals surface area (Å²) in [6.45, 7) is 10.6. The first-order valence-electron chi connectivity index (χ1n) is 12.4. The van der Waals surface area contributed by atoms with Gasteiger partial charge in [0.2, 0.25) is 0 Å². The summed E-state index contributed by atoms with van der Waals surface area (Å²) < 4.78 is 0. The Morgan fingerprint density at radius 2 is 1.47 bits per heavy atom. The van der Waals surface area contributed by atoms with Crippen molar-refractivity contribution < 1.29 is 0 Å². The lowest BCUT2D eigenvalue weighted by Crippen LogP contribution is -2.04. The number of nitrogens with zero attached hydrogens (tertiary/aromatic N) is 1. The minimum absolute atomic E-state index is 0.948. The summed E-state index contributed by atoms with van der Waals surface area (Å²) in [5.74, 6) is 0.948. The molecule has 4 rings (SSSR count). The van der Waals surface area contributed by atoms with Crippen LogP contribution in [0.1, 0.15) is 81.2 Å². The van der Waals surface area contributed by atoms with Crippen molar-refractivity contribution in [2.75, 3.05) is 27.2 Å². The Bertz CT molecular complexity index is 786. The standard InChI is InChI=1S/C16H16N2.C5H10.C4H11N.C3H9N/c1-11-8-9-15(16-17-10-12(2)18-16)14-7-5-3-4-6-13(11)14;1-2-4-5-3-1;1-3-4-5-2;1-3-4-2/h4-10H,3H2,1-2H3,(H,17,18);1-5H2;5H,3-4H2,1-2H3;4H,3H2,1-2H3. The van der Waals surface area contributed by atoms with E-state index in [1.165, 1.54) is 60.8 Å². The largest absolute Gasteiger partial charge is 0.342 e. The van der Waals surface area contributed by atoms with E-state index in [1.807, 2.05) is 27.2 Å². The maximum atomic E-state index is 4.44. The lowest BCUT2D eigenvalue weighted by atomic mass is 9.96. The van der Waals surface area contributed by atoms with E-state index in [1.54, 1.807) is 0 Å². The van der Waals surface area contributed by atoms with Crippen molar-refractivity contribution in [2.45, 2.75) is 72.6 Å². The van der Waals surface area contributed by atoms with E-state index in [2.05, 4.69) is 77.8 Å². The maximum absolute atomic E-state index is 4.44. The fraction of sp³-hybridized carbons (Fsp3) is 0.536. The van der Waals surface area contributed by atoms with Crippen LogP contribution in [0.15, 0.2) is 30.5 Å². The molecule has 178 valence electrons. The van der Waals surface area contributed by atoms with Gasteiger partial charge in [0.1, 0.15) is 5.82 Å². The minimum Gasteiger partial charge on any atom is -0.342 e. The SMILES string of the molecule is C1CCCC1.CCCNC.CCNC.Cc1cnc(-c2ccc(C)c3c2C=CCC=C3)[nH]1. The number of imidazole rings is 1. The van der Waals surface area contributed by atoms with Crippen molar-refractivity contribution in [3.05, 3.63) is 52.9 Å². The van der Waals surface area contributed by atoms with Crippen LogP contribution in [-0.2, 0) is 0 Å². The molecule has 4 heteroatoms. The first-order valence-corrected chi connectivity index (χ1v) is 12.4. The molecule has 0 spiro atoms. The molecule has 1 aromatic heterocycles. The van der Waals surface area contributed by atoms with Gasteiger partial charge in [0.05, 0.1) is 0 Å². The summed E-state index contributed by atoms with van der Waals surface area (Å²) in [5.41, 5.74) is 6.13. The molecule has 1 fully saturated rings. The highest BCUT2D eigenvalue weighted by Crippen LogP contribution is 2.30. The number of benzene rings is 1. The van der Waals surface area contributed by atoms with Gasteiger partial charge in [-0.05, 0) is 70.6 Å². The summed E-state index contributed by atoms with van der Waals surface area (Å²) in [6, 6.07) is 4.31. The molecule has 0 saturated heterocycles. The van der Waals surface area contributed by atoms with Gasteiger partial charge in [-0.1, -0.05) is 82.4 Å². The molecule has 2 aliphatic rings. The molecule has 0 unspecified atom stereocenters. The number of allylic oxidation sites excluding steroid dienone is 2. The molecule has 0 bridgehead atoms. The first-order chi connectivity index (χ1) is 15.6. The summed E-state index contributed by atoms with van der Waals surface area (Å²) in [4.78, 5) is 7.75. The number of nitrogens with one attached hydrogen (secondary N) is 3. The van der Waals surface area contributed by atoms with E-state index < -0.39 is 0 Å². The molecule has 3 N–H and O–H groups in total. The molecule has 0 amide bonds. The molecule has 2 aliphatic carbocycles. The first kappa shape index (κ1) is 27.9. The molecule has 2 aromatic rings. The number of aromatic nitrogens is 2. The van der Waals surface area contributed by atoms with E-state index in [0.29, 0.717) is 0 Å². The fourth-order valence-corrected chi connectivity index (χ4v) is 3.49. The summed E-state index contributed by atoms with van der Waals surface area (Å²) >= 11 is 0. The summed E-state index contributed by atoms with van der Waals surface area (Å²) in [6.07, 6.45) is 20.4. The molecule has 1 saturated carbocycles. The van der Waals surface area contributed by atoms with Crippen LogP contribution in [0.3, 0.4) is 0 Å². The zero-order chi connectivity index (χ0) is 23.6. The van der Waals surface area contributed by atoms with Crippen molar-refractivity contribution >= 4 is 12.2 Å². The molecular formula is C28H46N4. The van der Waals surface area contributed by atoms with Gasteiger partial charge in [-0.2, -0.15) is 0 Å². The molecule has 4 nitrogen and oxygen atoms in total. The van der Waals surface area contributed by atoms with E-state index in [9.17, 15) is 0 Å². The van der Waals surface area contributed by atoms with Gasteiger partial charge in [0.25, 0.3) is 0 Å². The van der Waals surface area contributed by atoms with Gasteiger partial charge in [-0.15, -0.1) is 0 Å². The zero-order valence-corrected chi connectivity index (χ0v) is 21.4. The van der Waals surface area contributed by atoms with E-state index >= 15 is 0 Å². The average Bonchev–Trinajstić information content (AvgIpc) is 3.46. The molecule has 32 heavy (non-hydrogen) atoms. The van der Waals surface area contributed by atoms with Crippen LogP contribution < -0.4 is 10.6 Å². The van der Waals surface area contributed by atoms with Crippen LogP contribution in [0.2, 0.25) is 0 Å². The van der Waals surface area contributed by atoms with Gasteiger partial charge in [-0.25, -0.2) is 4.98 Å². The van der Waals surface area contributed by atoms with Crippen molar-refractivity contribution in [3.8, 4) is 11.4 Å². The number of H-pyrrole nitrogens is 1. The molecule has 0 radical (unpaired) electrons. The van der Waals surface area contributed by atoms with Crippen LogP contribution in [0, 0.1) is 13.8 Å². The second-order valence-electron chi connectivity index (χ2n) is 8.29. The van der Waals surface area contributed by atoms with E-state index in [-0.39, 0.29) is 0 Å². The predicted octanol–water partition coefficient (Wildman–Crippen LogP) is 6.92. The smallest absolute Gasteiger partial charge is 0.138 e. The lowest BCUT2D eigenvalue weighted by molar-refractivity contribution is 0.772. The number of aryl methyl sites for hydroxylation is 2.